The first-order valence-electron chi connectivity index (χ1n) is 10.2. The van der Waals surface area contributed by atoms with Gasteiger partial charge in [-0.25, -0.2) is 4.98 Å². The Bertz CT molecular complexity index is 925. The van der Waals surface area contributed by atoms with E-state index in [4.69, 9.17) is 16.3 Å². The monoisotopic (exact) mass is 448 g/mol. The summed E-state index contributed by atoms with van der Waals surface area (Å²) >= 11 is 7.46. The minimum Gasteiger partial charge on any atom is -0.378 e. The van der Waals surface area contributed by atoms with Gasteiger partial charge in [0, 0.05) is 48.2 Å². The number of aromatic nitrogens is 1. The number of aryl methyl sites for hydroxylation is 1. The number of thiazole rings is 1. The summed E-state index contributed by atoms with van der Waals surface area (Å²) in [5, 5.41) is 6.29. The minimum absolute atomic E-state index is 0.0776. The predicted molar refractivity (Wildman–Crippen MR) is 118 cm³/mol. The van der Waals surface area contributed by atoms with Crippen molar-refractivity contribution in [2.45, 2.75) is 32.2 Å². The van der Waals surface area contributed by atoms with Gasteiger partial charge in [0.05, 0.1) is 13.2 Å². The summed E-state index contributed by atoms with van der Waals surface area (Å²) in [4.78, 5) is 33.7. The number of benzene rings is 1. The normalized spacial score (nSPS) is 16.4. The van der Waals surface area contributed by atoms with Crippen molar-refractivity contribution >= 4 is 45.6 Å². The first-order valence-corrected chi connectivity index (χ1v) is 11.4. The van der Waals surface area contributed by atoms with Gasteiger partial charge < -0.3 is 19.9 Å². The number of anilines is 2. The second kappa shape index (κ2) is 9.32. The van der Waals surface area contributed by atoms with Gasteiger partial charge in [-0.2, -0.15) is 0 Å². The van der Waals surface area contributed by atoms with Gasteiger partial charge in [-0.15, -0.1) is 11.3 Å². The number of nitrogens with one attached hydrogen (secondary N) is 1. The molecule has 1 saturated heterocycles. The third-order valence-electron chi connectivity index (χ3n) is 5.34. The van der Waals surface area contributed by atoms with Crippen LogP contribution in [0.15, 0.2) is 23.6 Å². The van der Waals surface area contributed by atoms with Crippen LogP contribution in [0.25, 0.3) is 0 Å². The van der Waals surface area contributed by atoms with Crippen LogP contribution in [0.1, 0.15) is 35.3 Å². The topological polar surface area (TPSA) is 74.8 Å². The maximum absolute atomic E-state index is 13.1. The van der Waals surface area contributed by atoms with E-state index in [1.54, 1.807) is 5.38 Å². The fraction of sp³-hybridized carbons (Fsp3) is 0.476. The SMILES string of the molecule is Cc1ccc(Cl)cc1Nc1nc(C(=O)N(CCC(=O)N2CCOCC2)C2CC2)cs1. The number of hydrogen-bond donors (Lipinski definition) is 1. The fourth-order valence-corrected chi connectivity index (χ4v) is 4.31. The third kappa shape index (κ3) is 5.11. The number of carbonyl (C=O) groups is 2. The second-order valence-corrected chi connectivity index (χ2v) is 8.89. The van der Waals surface area contributed by atoms with Crippen LogP contribution in [-0.2, 0) is 9.53 Å². The lowest BCUT2D eigenvalue weighted by molar-refractivity contribution is -0.135. The molecule has 160 valence electrons. The number of halogens is 1. The lowest BCUT2D eigenvalue weighted by Gasteiger charge is -2.28. The molecule has 0 radical (unpaired) electrons. The van der Waals surface area contributed by atoms with E-state index in [9.17, 15) is 9.59 Å². The molecule has 1 aromatic heterocycles. The molecule has 9 heteroatoms. The Labute approximate surface area is 185 Å². The Kier molecular flexibility index (Phi) is 6.55. The van der Waals surface area contributed by atoms with E-state index in [1.165, 1.54) is 11.3 Å². The molecule has 0 spiro atoms. The van der Waals surface area contributed by atoms with Crippen molar-refractivity contribution in [2.75, 3.05) is 38.2 Å². The van der Waals surface area contributed by atoms with Crippen LogP contribution < -0.4 is 5.32 Å². The zero-order valence-electron chi connectivity index (χ0n) is 16.9. The van der Waals surface area contributed by atoms with Gasteiger partial charge in [-0.1, -0.05) is 17.7 Å². The van der Waals surface area contributed by atoms with Gasteiger partial charge in [-0.05, 0) is 37.5 Å². The van der Waals surface area contributed by atoms with Crippen molar-refractivity contribution in [3.05, 3.63) is 39.9 Å². The molecule has 4 rings (SSSR count). The van der Waals surface area contributed by atoms with E-state index in [0.29, 0.717) is 55.1 Å². The molecular weight excluding hydrogens is 424 g/mol. The maximum atomic E-state index is 13.1. The molecule has 0 atom stereocenters. The highest BCUT2D eigenvalue weighted by Gasteiger charge is 2.34. The van der Waals surface area contributed by atoms with E-state index in [2.05, 4.69) is 10.3 Å². The zero-order valence-corrected chi connectivity index (χ0v) is 18.5. The van der Waals surface area contributed by atoms with Crippen molar-refractivity contribution < 1.29 is 14.3 Å². The van der Waals surface area contributed by atoms with E-state index < -0.39 is 0 Å². The number of nitrogens with zero attached hydrogens (tertiary/aromatic N) is 3. The van der Waals surface area contributed by atoms with Gasteiger partial charge in [0.15, 0.2) is 5.13 Å². The molecule has 1 aromatic carbocycles. The lowest BCUT2D eigenvalue weighted by atomic mass is 10.2. The fourth-order valence-electron chi connectivity index (χ4n) is 3.44. The first kappa shape index (κ1) is 21.1. The van der Waals surface area contributed by atoms with Gasteiger partial charge in [-0.3, -0.25) is 9.59 Å². The van der Waals surface area contributed by atoms with Crippen LogP contribution in [-0.4, -0.2) is 65.5 Å². The summed E-state index contributed by atoms with van der Waals surface area (Å²) in [6.07, 6.45) is 2.29. The molecule has 1 aliphatic carbocycles. The summed E-state index contributed by atoms with van der Waals surface area (Å²) in [6.45, 7) is 4.82. The van der Waals surface area contributed by atoms with Crippen molar-refractivity contribution in [1.82, 2.24) is 14.8 Å². The van der Waals surface area contributed by atoms with Crippen molar-refractivity contribution in [3.8, 4) is 0 Å². The van der Waals surface area contributed by atoms with E-state index in [-0.39, 0.29) is 17.9 Å². The number of morpholine rings is 1. The predicted octanol–water partition coefficient (Wildman–Crippen LogP) is 3.70. The molecule has 1 saturated carbocycles. The quantitative estimate of drug-likeness (QED) is 0.699. The molecule has 30 heavy (non-hydrogen) atoms. The summed E-state index contributed by atoms with van der Waals surface area (Å²) in [7, 11) is 0. The molecule has 2 aliphatic rings. The average molecular weight is 449 g/mol. The lowest BCUT2D eigenvalue weighted by Crippen LogP contribution is -2.43. The molecule has 7 nitrogen and oxygen atoms in total. The first-order chi connectivity index (χ1) is 14.5. The average Bonchev–Trinajstić information content (AvgIpc) is 3.48. The van der Waals surface area contributed by atoms with Gasteiger partial charge in [0.2, 0.25) is 5.91 Å². The summed E-state index contributed by atoms with van der Waals surface area (Å²) in [5.41, 5.74) is 2.32. The van der Waals surface area contributed by atoms with Crippen molar-refractivity contribution in [1.29, 1.82) is 0 Å². The maximum Gasteiger partial charge on any atom is 0.273 e. The molecule has 2 amide bonds. The molecule has 2 fully saturated rings. The second-order valence-electron chi connectivity index (χ2n) is 7.60. The van der Waals surface area contributed by atoms with Crippen LogP contribution in [0.4, 0.5) is 10.8 Å². The summed E-state index contributed by atoms with van der Waals surface area (Å²) < 4.78 is 5.30. The van der Waals surface area contributed by atoms with E-state index in [1.807, 2.05) is 34.9 Å². The molecule has 0 bridgehead atoms. The zero-order chi connectivity index (χ0) is 21.1. The number of carbonyl (C=O) groups excluding carboxylic acids is 2. The van der Waals surface area contributed by atoms with E-state index >= 15 is 0 Å². The van der Waals surface area contributed by atoms with Gasteiger partial charge in [0.1, 0.15) is 5.69 Å². The number of hydrogen-bond acceptors (Lipinski definition) is 6. The van der Waals surface area contributed by atoms with Crippen molar-refractivity contribution in [3.63, 3.8) is 0 Å². The molecule has 1 N–H and O–H groups in total. The minimum atomic E-state index is -0.112. The van der Waals surface area contributed by atoms with Crippen LogP contribution in [0.5, 0.6) is 0 Å². The number of ether oxygens (including phenoxy) is 1. The smallest absolute Gasteiger partial charge is 0.273 e. The highest BCUT2D eigenvalue weighted by Crippen LogP contribution is 2.30. The van der Waals surface area contributed by atoms with Crippen LogP contribution in [0.3, 0.4) is 0 Å². The van der Waals surface area contributed by atoms with Crippen LogP contribution in [0, 0.1) is 6.92 Å². The molecule has 2 heterocycles. The standard InChI is InChI=1S/C21H25ClN4O3S/c1-14-2-3-15(22)12-17(14)23-21-24-18(13-30-21)20(28)26(16-4-5-16)7-6-19(27)25-8-10-29-11-9-25/h2-3,12-13,16H,4-11H2,1H3,(H,23,24). The largest absolute Gasteiger partial charge is 0.378 e. The summed E-state index contributed by atoms with van der Waals surface area (Å²) in [5.74, 6) is -0.0341. The Morgan fingerprint density at radius 1 is 1.33 bits per heavy atom. The van der Waals surface area contributed by atoms with Crippen molar-refractivity contribution in [2.24, 2.45) is 0 Å². The molecular formula is C21H25ClN4O3S. The Hall–Kier alpha value is -2.16. The third-order valence-corrected chi connectivity index (χ3v) is 6.34. The number of amides is 2. The highest BCUT2D eigenvalue weighted by molar-refractivity contribution is 7.14. The van der Waals surface area contributed by atoms with Crippen LogP contribution >= 0.6 is 22.9 Å². The molecule has 0 unspecified atom stereocenters. The Morgan fingerprint density at radius 2 is 2.10 bits per heavy atom. The Balaban J connectivity index is 1.39. The molecule has 1 aliphatic heterocycles. The van der Waals surface area contributed by atoms with Crippen LogP contribution in [0.2, 0.25) is 5.02 Å². The number of rotatable bonds is 7. The summed E-state index contributed by atoms with van der Waals surface area (Å²) in [6, 6.07) is 5.83. The van der Waals surface area contributed by atoms with Gasteiger partial charge in [0.25, 0.3) is 5.91 Å². The molecule has 2 aromatic rings. The highest BCUT2D eigenvalue weighted by atomic mass is 35.5. The Morgan fingerprint density at radius 3 is 2.83 bits per heavy atom. The van der Waals surface area contributed by atoms with Gasteiger partial charge >= 0.3 is 0 Å². The van der Waals surface area contributed by atoms with E-state index in [0.717, 1.165) is 24.1 Å².